The van der Waals surface area contributed by atoms with E-state index in [4.69, 9.17) is 15.0 Å². The number of ether oxygens (including phenoxy) is 1. The maximum absolute atomic E-state index is 13.0. The third-order valence-corrected chi connectivity index (χ3v) is 4.93. The quantitative estimate of drug-likeness (QED) is 0.555. The molecule has 9 nitrogen and oxygen atoms in total. The number of hydrogen-bond donors (Lipinski definition) is 3. The van der Waals surface area contributed by atoms with Crippen LogP contribution in [-0.4, -0.2) is 47.4 Å². The summed E-state index contributed by atoms with van der Waals surface area (Å²) in [6.07, 6.45) is -8.09. The Labute approximate surface area is 178 Å². The van der Waals surface area contributed by atoms with Crippen molar-refractivity contribution in [2.24, 2.45) is 0 Å². The molecule has 0 spiro atoms. The molecule has 0 bridgehead atoms. The summed E-state index contributed by atoms with van der Waals surface area (Å²) in [6.45, 7) is -0.116. The van der Waals surface area contributed by atoms with E-state index in [1.54, 1.807) is 6.07 Å². The van der Waals surface area contributed by atoms with E-state index in [0.29, 0.717) is 11.0 Å². The molecule has 3 aromatic rings. The number of nitrogens with zero attached hydrogens (tertiary/aromatic N) is 2. The summed E-state index contributed by atoms with van der Waals surface area (Å²) < 4.78 is 49.3. The molecule has 2 amide bonds. The average Bonchev–Trinajstić information content (AvgIpc) is 3.13. The number of fused-ring (bicyclic) bond motifs is 1. The Kier molecular flexibility index (Phi) is 5.48. The summed E-state index contributed by atoms with van der Waals surface area (Å²) in [6, 6.07) is 8.70. The summed E-state index contributed by atoms with van der Waals surface area (Å²) in [5.74, 6) is -1.61. The van der Waals surface area contributed by atoms with Gasteiger partial charge < -0.3 is 30.3 Å². The normalized spacial score (nSPS) is 18.1. The van der Waals surface area contributed by atoms with E-state index in [0.717, 1.165) is 17.0 Å². The van der Waals surface area contributed by atoms with Crippen molar-refractivity contribution in [3.63, 3.8) is 0 Å². The smallest absolute Gasteiger partial charge is 0.380 e. The Hall–Kier alpha value is -3.64. The van der Waals surface area contributed by atoms with Gasteiger partial charge >= 0.3 is 6.18 Å². The number of morpholine rings is 1. The van der Waals surface area contributed by atoms with Crippen LogP contribution < -0.4 is 16.0 Å². The maximum Gasteiger partial charge on any atom is 0.416 e. The fraction of sp³-hybridized carbons (Fsp3) is 0.250. The molecule has 12 heteroatoms. The highest BCUT2D eigenvalue weighted by molar-refractivity contribution is 6.04. The highest BCUT2D eigenvalue weighted by Gasteiger charge is 2.40. The highest BCUT2D eigenvalue weighted by Crippen LogP contribution is 2.32. The Morgan fingerprint density at radius 2 is 2.06 bits per heavy atom. The molecular formula is C20H17F3N4O5. The van der Waals surface area contributed by atoms with Gasteiger partial charge in [0.05, 0.1) is 17.6 Å². The summed E-state index contributed by atoms with van der Waals surface area (Å²) in [5, 5.41) is 17.0. The number of amides is 2. The lowest BCUT2D eigenvalue weighted by atomic mass is 10.1. The average molecular weight is 450 g/mol. The van der Waals surface area contributed by atoms with Crippen LogP contribution in [0.15, 0.2) is 47.0 Å². The first kappa shape index (κ1) is 21.6. The van der Waals surface area contributed by atoms with Gasteiger partial charge in [-0.25, -0.2) is 0 Å². The number of carbonyl (C=O) groups excluding carboxylic acids is 2. The number of aromatic nitrogens is 1. The molecule has 1 saturated heterocycles. The van der Waals surface area contributed by atoms with Crippen molar-refractivity contribution in [1.82, 2.24) is 5.16 Å². The van der Waals surface area contributed by atoms with E-state index in [2.05, 4.69) is 10.5 Å². The van der Waals surface area contributed by atoms with E-state index in [9.17, 15) is 27.9 Å². The van der Waals surface area contributed by atoms with Crippen LogP contribution in [0.4, 0.5) is 30.4 Å². The zero-order valence-electron chi connectivity index (χ0n) is 16.3. The number of nitrogens with one attached hydrogen (secondary N) is 1. The Morgan fingerprint density at radius 3 is 2.81 bits per heavy atom. The van der Waals surface area contributed by atoms with Crippen LogP contribution in [0.2, 0.25) is 0 Å². The van der Waals surface area contributed by atoms with E-state index in [-0.39, 0.29) is 30.3 Å². The van der Waals surface area contributed by atoms with Crippen LogP contribution in [0.25, 0.3) is 11.0 Å². The summed E-state index contributed by atoms with van der Waals surface area (Å²) >= 11 is 0. The fourth-order valence-corrected chi connectivity index (χ4v) is 3.33. The second kappa shape index (κ2) is 8.13. The molecule has 4 rings (SSSR count). The number of nitrogens with two attached hydrogens (primary N) is 1. The van der Waals surface area contributed by atoms with E-state index in [1.807, 2.05) is 0 Å². The predicted molar refractivity (Wildman–Crippen MR) is 107 cm³/mol. The van der Waals surface area contributed by atoms with Gasteiger partial charge in [0.25, 0.3) is 11.8 Å². The van der Waals surface area contributed by atoms with Gasteiger partial charge in [0.2, 0.25) is 0 Å². The molecule has 2 atom stereocenters. The summed E-state index contributed by atoms with van der Waals surface area (Å²) in [5.41, 5.74) is 5.24. The molecule has 0 radical (unpaired) electrons. The Bertz CT molecular complexity index is 1180. The predicted octanol–water partition coefficient (Wildman–Crippen LogP) is 2.16. The number of carbonyl (C=O) groups is 2. The molecule has 168 valence electrons. The molecule has 32 heavy (non-hydrogen) atoms. The molecule has 0 aliphatic carbocycles. The standard InChI is InChI=1S/C20H17F3N4O5/c21-20(22,23)10-2-1-3-12(8-10)27-6-7-31-16(19(27)30)15(28)18(29)25-11-4-5-13-14(9-11)32-26-17(13)24/h1-5,8-9,15-16,28H,6-7H2,(H2,24,26)(H,25,29)/t15-,16?/m1/s1. The van der Waals surface area contributed by atoms with Gasteiger partial charge in [-0.3, -0.25) is 9.59 Å². The van der Waals surface area contributed by atoms with Crippen molar-refractivity contribution in [2.75, 3.05) is 29.1 Å². The van der Waals surface area contributed by atoms with Gasteiger partial charge in [0.15, 0.2) is 23.6 Å². The van der Waals surface area contributed by atoms with Crippen LogP contribution in [-0.2, 0) is 20.5 Å². The minimum absolute atomic E-state index is 0.0147. The third kappa shape index (κ3) is 4.09. The number of hydrogen-bond acceptors (Lipinski definition) is 7. The van der Waals surface area contributed by atoms with Crippen molar-refractivity contribution < 1.29 is 37.1 Å². The van der Waals surface area contributed by atoms with Crippen LogP contribution in [0, 0.1) is 0 Å². The van der Waals surface area contributed by atoms with Gasteiger partial charge in [0.1, 0.15) is 0 Å². The number of rotatable bonds is 4. The maximum atomic E-state index is 13.0. The van der Waals surface area contributed by atoms with Crippen LogP contribution in [0.1, 0.15) is 5.56 Å². The molecule has 1 unspecified atom stereocenters. The topological polar surface area (TPSA) is 131 Å². The monoisotopic (exact) mass is 450 g/mol. The number of anilines is 3. The second-order valence-electron chi connectivity index (χ2n) is 7.04. The van der Waals surface area contributed by atoms with Crippen molar-refractivity contribution in [3.8, 4) is 0 Å². The Balaban J connectivity index is 1.49. The first-order chi connectivity index (χ1) is 15.1. The van der Waals surface area contributed by atoms with Crippen LogP contribution in [0.3, 0.4) is 0 Å². The van der Waals surface area contributed by atoms with E-state index in [1.165, 1.54) is 24.3 Å². The number of nitrogen functional groups attached to an aromatic ring is 1. The number of aliphatic hydroxyl groups is 1. The molecule has 2 heterocycles. The lowest BCUT2D eigenvalue weighted by molar-refractivity contribution is -0.150. The van der Waals surface area contributed by atoms with Crippen molar-refractivity contribution in [3.05, 3.63) is 48.0 Å². The summed E-state index contributed by atoms with van der Waals surface area (Å²) in [4.78, 5) is 26.3. The van der Waals surface area contributed by atoms with Crippen LogP contribution >= 0.6 is 0 Å². The van der Waals surface area contributed by atoms with Gasteiger partial charge in [0, 0.05) is 24.0 Å². The molecule has 0 saturated carbocycles. The first-order valence-corrected chi connectivity index (χ1v) is 9.39. The van der Waals surface area contributed by atoms with Gasteiger partial charge in [-0.15, -0.1) is 0 Å². The lowest BCUT2D eigenvalue weighted by Crippen LogP contribution is -2.55. The molecule has 2 aromatic carbocycles. The highest BCUT2D eigenvalue weighted by atomic mass is 19.4. The number of aliphatic hydroxyl groups excluding tert-OH is 1. The van der Waals surface area contributed by atoms with Crippen LogP contribution in [0.5, 0.6) is 0 Å². The van der Waals surface area contributed by atoms with Gasteiger partial charge in [-0.05, 0) is 30.3 Å². The zero-order valence-corrected chi connectivity index (χ0v) is 16.3. The molecule has 1 aliphatic heterocycles. The van der Waals surface area contributed by atoms with E-state index < -0.39 is 35.8 Å². The lowest BCUT2D eigenvalue weighted by Gasteiger charge is -2.34. The van der Waals surface area contributed by atoms with Crippen molar-refractivity contribution in [1.29, 1.82) is 0 Å². The number of alkyl halides is 3. The second-order valence-corrected chi connectivity index (χ2v) is 7.04. The molecule has 1 fully saturated rings. The van der Waals surface area contributed by atoms with Crippen molar-refractivity contribution in [2.45, 2.75) is 18.4 Å². The zero-order chi connectivity index (χ0) is 23.0. The molecule has 1 aliphatic rings. The third-order valence-electron chi connectivity index (χ3n) is 4.93. The number of benzene rings is 2. The largest absolute Gasteiger partial charge is 0.416 e. The minimum atomic E-state index is -4.58. The molecular weight excluding hydrogens is 433 g/mol. The van der Waals surface area contributed by atoms with Gasteiger partial charge in [-0.2, -0.15) is 13.2 Å². The summed E-state index contributed by atoms with van der Waals surface area (Å²) in [7, 11) is 0. The Morgan fingerprint density at radius 1 is 1.28 bits per heavy atom. The van der Waals surface area contributed by atoms with Gasteiger partial charge in [-0.1, -0.05) is 11.2 Å². The SMILES string of the molecule is Nc1noc2cc(NC(=O)[C@H](O)C3OCCN(c4cccc(C(F)(F)F)c4)C3=O)ccc12. The first-order valence-electron chi connectivity index (χ1n) is 9.39. The van der Waals surface area contributed by atoms with E-state index >= 15 is 0 Å². The van der Waals surface area contributed by atoms with Crippen molar-refractivity contribution >= 4 is 40.0 Å². The molecule has 1 aromatic heterocycles. The molecule has 4 N–H and O–H groups in total. The number of halogens is 3. The minimum Gasteiger partial charge on any atom is -0.380 e. The fourth-order valence-electron chi connectivity index (χ4n) is 3.33.